The van der Waals surface area contributed by atoms with Gasteiger partial charge in [0.05, 0.1) is 11.0 Å². The molecule has 0 amide bonds. The van der Waals surface area contributed by atoms with E-state index < -0.39 is 0 Å². The van der Waals surface area contributed by atoms with Crippen molar-refractivity contribution in [2.75, 3.05) is 0 Å². The number of nitrogens with zero attached hydrogens (tertiary/aromatic N) is 1. The van der Waals surface area contributed by atoms with Gasteiger partial charge in [-0.3, -0.25) is 0 Å². The third-order valence-electron chi connectivity index (χ3n) is 9.59. The molecule has 0 radical (unpaired) electrons. The Kier molecular flexibility index (Phi) is 5.58. The quantitative estimate of drug-likeness (QED) is 0.195. The van der Waals surface area contributed by atoms with E-state index in [9.17, 15) is 0 Å². The zero-order valence-electron chi connectivity index (χ0n) is 24.9. The standard InChI is InChI=1S/C44H27NS/c1-2-11-31(12-3-1)45-43-34(15-8-18-38(43)39-25-24-28-10-4-5-13-33(28)44(39)45)30-22-20-29(21-23-30)32-26-27-41-42-36(32)16-9-17-37(42)35-14-6-7-19-40(35)46-41/h1-27H. The van der Waals surface area contributed by atoms with Crippen molar-refractivity contribution < 1.29 is 0 Å². The van der Waals surface area contributed by atoms with Crippen LogP contribution < -0.4 is 0 Å². The Balaban J connectivity index is 1.17. The van der Waals surface area contributed by atoms with Gasteiger partial charge in [-0.25, -0.2) is 0 Å². The smallest absolute Gasteiger partial charge is 0.0619 e. The van der Waals surface area contributed by atoms with Crippen LogP contribution in [-0.4, -0.2) is 4.57 Å². The molecule has 1 aliphatic rings. The molecule has 2 heteroatoms. The molecule has 0 bridgehead atoms. The highest BCUT2D eigenvalue weighted by Crippen LogP contribution is 2.49. The molecule has 0 saturated heterocycles. The van der Waals surface area contributed by atoms with E-state index in [1.54, 1.807) is 0 Å². The van der Waals surface area contributed by atoms with Crippen molar-refractivity contribution in [2.45, 2.75) is 9.79 Å². The van der Waals surface area contributed by atoms with E-state index in [0.717, 1.165) is 0 Å². The summed E-state index contributed by atoms with van der Waals surface area (Å²) in [5.74, 6) is 0. The van der Waals surface area contributed by atoms with Gasteiger partial charge >= 0.3 is 0 Å². The Morgan fingerprint density at radius 1 is 0.348 bits per heavy atom. The lowest BCUT2D eigenvalue weighted by Crippen LogP contribution is -1.96. The number of rotatable bonds is 3. The highest BCUT2D eigenvalue weighted by molar-refractivity contribution is 7.99. The van der Waals surface area contributed by atoms with Gasteiger partial charge in [0.1, 0.15) is 0 Å². The Bertz CT molecular complexity index is 2650. The van der Waals surface area contributed by atoms with Crippen LogP contribution >= 0.6 is 11.8 Å². The van der Waals surface area contributed by atoms with Crippen LogP contribution in [0.4, 0.5) is 0 Å². The van der Waals surface area contributed by atoms with Gasteiger partial charge in [0.25, 0.3) is 0 Å². The van der Waals surface area contributed by atoms with Gasteiger partial charge in [-0.1, -0.05) is 151 Å². The molecule has 0 aliphatic carbocycles. The first kappa shape index (κ1) is 25.7. The van der Waals surface area contributed by atoms with Crippen molar-refractivity contribution in [1.82, 2.24) is 4.57 Å². The second-order valence-electron chi connectivity index (χ2n) is 12.1. The number of hydrogen-bond donors (Lipinski definition) is 0. The minimum absolute atomic E-state index is 1.17. The van der Waals surface area contributed by atoms with E-state index in [1.165, 1.54) is 92.2 Å². The number of aromatic nitrogens is 1. The first-order valence-corrected chi connectivity index (χ1v) is 16.6. The second-order valence-corrected chi connectivity index (χ2v) is 13.2. The molecule has 0 saturated carbocycles. The summed E-state index contributed by atoms with van der Waals surface area (Å²) in [5.41, 5.74) is 11.3. The third-order valence-corrected chi connectivity index (χ3v) is 10.7. The third kappa shape index (κ3) is 3.71. The number of para-hydroxylation sites is 2. The molecular formula is C44H27NS. The predicted octanol–water partition coefficient (Wildman–Crippen LogP) is 12.6. The van der Waals surface area contributed by atoms with E-state index in [4.69, 9.17) is 0 Å². The summed E-state index contributed by atoms with van der Waals surface area (Å²) in [7, 11) is 0. The van der Waals surface area contributed by atoms with Gasteiger partial charge in [-0.15, -0.1) is 0 Å². The molecule has 0 atom stereocenters. The molecule has 1 aromatic heterocycles. The number of hydrogen-bond acceptors (Lipinski definition) is 1. The molecule has 0 fully saturated rings. The van der Waals surface area contributed by atoms with E-state index in [2.05, 4.69) is 168 Å². The van der Waals surface area contributed by atoms with Crippen LogP contribution in [0.2, 0.25) is 0 Å². The van der Waals surface area contributed by atoms with Crippen LogP contribution in [0.25, 0.3) is 82.4 Å². The fraction of sp³-hybridized carbons (Fsp3) is 0. The van der Waals surface area contributed by atoms with Gasteiger partial charge in [-0.2, -0.15) is 0 Å². The second kappa shape index (κ2) is 9.97. The van der Waals surface area contributed by atoms with Crippen LogP contribution in [0.15, 0.2) is 174 Å². The normalized spacial score (nSPS) is 12.3. The average Bonchev–Trinajstić information content (AvgIpc) is 3.48. The van der Waals surface area contributed by atoms with Crippen molar-refractivity contribution >= 4 is 55.1 Å². The molecule has 0 N–H and O–H groups in total. The summed E-state index contributed by atoms with van der Waals surface area (Å²) < 4.78 is 2.47. The SMILES string of the molecule is c1ccc(-n2c3c(-c4ccc(-c5ccc6c7c(cccc57)-c5ccccc5S6)cc4)cccc3c3ccc4ccccc4c32)cc1. The summed E-state index contributed by atoms with van der Waals surface area (Å²) >= 11 is 1.88. The topological polar surface area (TPSA) is 4.93 Å². The first-order chi connectivity index (χ1) is 22.8. The highest BCUT2D eigenvalue weighted by Gasteiger charge is 2.21. The van der Waals surface area contributed by atoms with E-state index in [0.29, 0.717) is 0 Å². The van der Waals surface area contributed by atoms with Crippen molar-refractivity contribution in [3.8, 4) is 39.1 Å². The van der Waals surface area contributed by atoms with Crippen molar-refractivity contribution in [3.63, 3.8) is 0 Å². The predicted molar refractivity (Wildman–Crippen MR) is 196 cm³/mol. The molecule has 1 aliphatic heterocycles. The lowest BCUT2D eigenvalue weighted by Gasteiger charge is -2.21. The summed E-state index contributed by atoms with van der Waals surface area (Å²) in [6.45, 7) is 0. The highest BCUT2D eigenvalue weighted by atomic mass is 32.2. The van der Waals surface area contributed by atoms with E-state index >= 15 is 0 Å². The molecular weight excluding hydrogens is 575 g/mol. The van der Waals surface area contributed by atoms with Gasteiger partial charge in [0.15, 0.2) is 0 Å². The van der Waals surface area contributed by atoms with E-state index in [-0.39, 0.29) is 0 Å². The van der Waals surface area contributed by atoms with Crippen molar-refractivity contribution in [1.29, 1.82) is 0 Å². The van der Waals surface area contributed by atoms with Crippen LogP contribution in [0.3, 0.4) is 0 Å². The van der Waals surface area contributed by atoms with Crippen LogP contribution in [-0.2, 0) is 0 Å². The average molecular weight is 602 g/mol. The van der Waals surface area contributed by atoms with Crippen LogP contribution in [0.5, 0.6) is 0 Å². The van der Waals surface area contributed by atoms with Gasteiger partial charge in [0.2, 0.25) is 0 Å². The fourth-order valence-corrected chi connectivity index (χ4v) is 8.69. The molecule has 0 unspecified atom stereocenters. The van der Waals surface area contributed by atoms with Gasteiger partial charge < -0.3 is 4.57 Å². The Hall–Kier alpha value is -5.57. The maximum Gasteiger partial charge on any atom is 0.0619 e. The van der Waals surface area contributed by atoms with E-state index in [1.807, 2.05) is 11.8 Å². The number of fused-ring (bicyclic) bond motifs is 7. The minimum Gasteiger partial charge on any atom is -0.308 e. The fourth-order valence-electron chi connectivity index (χ4n) is 7.56. The monoisotopic (exact) mass is 601 g/mol. The molecule has 214 valence electrons. The maximum absolute atomic E-state index is 2.47. The summed E-state index contributed by atoms with van der Waals surface area (Å²) in [5, 5.41) is 7.74. The summed E-state index contributed by atoms with van der Waals surface area (Å²) in [6, 6.07) is 60.1. The molecule has 8 aromatic carbocycles. The lowest BCUT2D eigenvalue weighted by atomic mass is 9.91. The Morgan fingerprint density at radius 3 is 1.87 bits per heavy atom. The van der Waals surface area contributed by atoms with Crippen LogP contribution in [0.1, 0.15) is 0 Å². The summed E-state index contributed by atoms with van der Waals surface area (Å²) in [6.07, 6.45) is 0. The molecule has 1 nitrogen and oxygen atoms in total. The number of benzene rings is 8. The first-order valence-electron chi connectivity index (χ1n) is 15.8. The van der Waals surface area contributed by atoms with Crippen LogP contribution in [0, 0.1) is 0 Å². The molecule has 9 aromatic rings. The Labute approximate surface area is 271 Å². The maximum atomic E-state index is 2.47. The molecule has 0 spiro atoms. The lowest BCUT2D eigenvalue weighted by molar-refractivity contribution is 1.19. The minimum atomic E-state index is 1.17. The molecule has 10 rings (SSSR count). The summed E-state index contributed by atoms with van der Waals surface area (Å²) in [4.78, 5) is 2.66. The van der Waals surface area contributed by atoms with Gasteiger partial charge in [-0.05, 0) is 62.9 Å². The van der Waals surface area contributed by atoms with Crippen molar-refractivity contribution in [3.05, 3.63) is 164 Å². The van der Waals surface area contributed by atoms with Gasteiger partial charge in [0, 0.05) is 42.6 Å². The molecule has 46 heavy (non-hydrogen) atoms. The zero-order chi connectivity index (χ0) is 30.2. The van der Waals surface area contributed by atoms with Crippen molar-refractivity contribution in [2.24, 2.45) is 0 Å². The Morgan fingerprint density at radius 2 is 1.00 bits per heavy atom. The zero-order valence-corrected chi connectivity index (χ0v) is 25.8. The largest absolute Gasteiger partial charge is 0.308 e. The molecule has 2 heterocycles.